The van der Waals surface area contributed by atoms with Crippen molar-refractivity contribution in [2.75, 3.05) is 0 Å². The summed E-state index contributed by atoms with van der Waals surface area (Å²) in [6.45, 7) is 0. The summed E-state index contributed by atoms with van der Waals surface area (Å²) in [5.74, 6) is 1.85. The smallest absolute Gasteiger partial charge is 0.163 e. The van der Waals surface area contributed by atoms with Gasteiger partial charge in [-0.3, -0.25) is 0 Å². The van der Waals surface area contributed by atoms with Gasteiger partial charge in [0, 0.05) is 38.4 Å². The zero-order valence-electron chi connectivity index (χ0n) is 34.0. The van der Waals surface area contributed by atoms with Gasteiger partial charge >= 0.3 is 0 Å². The molecule has 3 aromatic heterocycles. The van der Waals surface area contributed by atoms with Gasteiger partial charge in [-0.15, -0.1) is 0 Å². The van der Waals surface area contributed by atoms with Crippen LogP contribution in [0.5, 0.6) is 0 Å². The van der Waals surface area contributed by atoms with Crippen LogP contribution in [-0.2, 0) is 5.41 Å². The summed E-state index contributed by atoms with van der Waals surface area (Å²) in [6.07, 6.45) is 0. The summed E-state index contributed by atoms with van der Waals surface area (Å²) >= 11 is 0. The maximum Gasteiger partial charge on any atom is 0.163 e. The molecule has 0 fully saturated rings. The van der Waals surface area contributed by atoms with Gasteiger partial charge in [0.15, 0.2) is 17.5 Å². The van der Waals surface area contributed by atoms with E-state index in [4.69, 9.17) is 19.4 Å². The van der Waals surface area contributed by atoms with E-state index in [0.717, 1.165) is 88.7 Å². The summed E-state index contributed by atoms with van der Waals surface area (Å²) < 4.78 is 8.74. The molecular formula is C58H36N4O. The minimum Gasteiger partial charge on any atom is -0.456 e. The van der Waals surface area contributed by atoms with E-state index in [-0.39, 0.29) is 0 Å². The summed E-state index contributed by atoms with van der Waals surface area (Å²) in [5.41, 5.74) is 13.8. The molecule has 5 heteroatoms. The number of nitrogens with zero attached hydrogens (tertiary/aromatic N) is 4. The lowest BCUT2D eigenvalue weighted by Gasteiger charge is -2.32. The van der Waals surface area contributed by atoms with Crippen LogP contribution in [0.25, 0.3) is 94.5 Å². The third kappa shape index (κ3) is 5.33. The second kappa shape index (κ2) is 13.8. The van der Waals surface area contributed by atoms with Gasteiger partial charge in [0.25, 0.3) is 0 Å². The molecule has 0 unspecified atom stereocenters. The zero-order chi connectivity index (χ0) is 41.5. The molecule has 0 saturated carbocycles. The predicted molar refractivity (Wildman–Crippen MR) is 255 cm³/mol. The number of furan rings is 1. The summed E-state index contributed by atoms with van der Waals surface area (Å²) in [6, 6.07) is 77.2. The average Bonchev–Trinajstić information content (AvgIpc) is 4.01. The van der Waals surface area contributed by atoms with Crippen molar-refractivity contribution in [2.45, 2.75) is 5.41 Å². The SMILES string of the molecule is c1ccc(-c2cccc(-c3nc(-c4cccc(-n5c6ccccc6c6ccccc65)c4)nc(C4(c5ccc6oc7ccccc7c6c5)c5ccccc5-c5ccccc54)n3)c2)cc1. The molecule has 5 nitrogen and oxygen atoms in total. The first kappa shape index (κ1) is 35.4. The van der Waals surface area contributed by atoms with E-state index in [1.165, 1.54) is 10.8 Å². The van der Waals surface area contributed by atoms with E-state index in [1.807, 2.05) is 18.2 Å². The van der Waals surface area contributed by atoms with Gasteiger partial charge in [-0.1, -0.05) is 170 Å². The van der Waals surface area contributed by atoms with Gasteiger partial charge in [0.1, 0.15) is 16.6 Å². The number of para-hydroxylation sites is 3. The fourth-order valence-corrected chi connectivity index (χ4v) is 10.1. The topological polar surface area (TPSA) is 56.7 Å². The van der Waals surface area contributed by atoms with Gasteiger partial charge in [0.05, 0.1) is 11.0 Å². The van der Waals surface area contributed by atoms with E-state index >= 15 is 0 Å². The van der Waals surface area contributed by atoms with Gasteiger partial charge in [-0.05, 0) is 87.5 Å². The molecule has 0 atom stereocenters. The van der Waals surface area contributed by atoms with Crippen molar-refractivity contribution in [2.24, 2.45) is 0 Å². The monoisotopic (exact) mass is 804 g/mol. The number of aromatic nitrogens is 4. The molecule has 0 N–H and O–H groups in total. The molecule has 0 spiro atoms. The second-order valence-electron chi connectivity index (χ2n) is 16.3. The van der Waals surface area contributed by atoms with Crippen LogP contribution in [0.2, 0.25) is 0 Å². The van der Waals surface area contributed by atoms with Gasteiger partial charge < -0.3 is 8.98 Å². The summed E-state index contributed by atoms with van der Waals surface area (Å²) in [7, 11) is 0. The minimum atomic E-state index is -0.909. The van der Waals surface area contributed by atoms with Gasteiger partial charge in [0.2, 0.25) is 0 Å². The molecule has 294 valence electrons. The number of rotatable bonds is 6. The van der Waals surface area contributed by atoms with Crippen molar-refractivity contribution in [3.63, 3.8) is 0 Å². The van der Waals surface area contributed by atoms with Crippen LogP contribution in [0.1, 0.15) is 22.5 Å². The molecule has 0 amide bonds. The summed E-state index contributed by atoms with van der Waals surface area (Å²) in [5, 5.41) is 4.54. The van der Waals surface area contributed by atoms with E-state index in [9.17, 15) is 0 Å². The lowest BCUT2D eigenvalue weighted by molar-refractivity contribution is 0.666. The summed E-state index contributed by atoms with van der Waals surface area (Å²) in [4.78, 5) is 16.7. The van der Waals surface area contributed by atoms with Crippen molar-refractivity contribution in [3.05, 3.63) is 241 Å². The maximum absolute atomic E-state index is 6.40. The van der Waals surface area contributed by atoms with Crippen molar-refractivity contribution in [1.82, 2.24) is 19.5 Å². The highest BCUT2D eigenvalue weighted by Crippen LogP contribution is 2.56. The van der Waals surface area contributed by atoms with Crippen LogP contribution in [0.4, 0.5) is 0 Å². The molecule has 0 aliphatic heterocycles. The normalized spacial score (nSPS) is 12.9. The molecule has 0 radical (unpaired) electrons. The Morgan fingerprint density at radius 2 is 0.905 bits per heavy atom. The third-order valence-electron chi connectivity index (χ3n) is 12.9. The van der Waals surface area contributed by atoms with E-state index in [0.29, 0.717) is 17.5 Å². The predicted octanol–water partition coefficient (Wildman–Crippen LogP) is 14.2. The van der Waals surface area contributed by atoms with Crippen LogP contribution in [0.15, 0.2) is 223 Å². The van der Waals surface area contributed by atoms with Crippen molar-refractivity contribution >= 4 is 43.7 Å². The Morgan fingerprint density at radius 1 is 0.365 bits per heavy atom. The highest BCUT2D eigenvalue weighted by Gasteiger charge is 2.49. The quantitative estimate of drug-likeness (QED) is 0.168. The Balaban J connectivity index is 1.11. The molecule has 1 aliphatic carbocycles. The van der Waals surface area contributed by atoms with Crippen molar-refractivity contribution in [1.29, 1.82) is 0 Å². The van der Waals surface area contributed by atoms with E-state index < -0.39 is 5.41 Å². The van der Waals surface area contributed by atoms with Crippen LogP contribution in [-0.4, -0.2) is 19.5 Å². The lowest BCUT2D eigenvalue weighted by Crippen LogP contribution is -2.31. The largest absolute Gasteiger partial charge is 0.456 e. The minimum absolute atomic E-state index is 0.596. The van der Waals surface area contributed by atoms with Crippen LogP contribution in [0.3, 0.4) is 0 Å². The first-order valence-electron chi connectivity index (χ1n) is 21.3. The number of hydrogen-bond donors (Lipinski definition) is 0. The molecule has 63 heavy (non-hydrogen) atoms. The fourth-order valence-electron chi connectivity index (χ4n) is 10.1. The van der Waals surface area contributed by atoms with E-state index in [2.05, 4.69) is 205 Å². The molecule has 13 rings (SSSR count). The molecule has 0 saturated heterocycles. The average molecular weight is 805 g/mol. The number of hydrogen-bond acceptors (Lipinski definition) is 4. The Labute approximate surface area is 363 Å². The molecule has 9 aromatic carbocycles. The second-order valence-corrected chi connectivity index (χ2v) is 16.3. The Bertz CT molecular complexity index is 3670. The molecule has 0 bridgehead atoms. The first-order valence-corrected chi connectivity index (χ1v) is 21.3. The molecule has 1 aliphatic rings. The van der Waals surface area contributed by atoms with Crippen LogP contribution < -0.4 is 0 Å². The standard InChI is InChI=1S/C58H36N4O/c1-2-16-37(17-3-1)38-18-14-19-39(34-38)55-59-56(40-20-15-21-42(35-40)62-51-29-11-6-24-45(51)46-25-7-12-30-52(46)62)61-57(60-55)58(49-27-9-4-22-43(49)44-23-5-10-28-50(44)58)41-32-33-54-48(36-41)47-26-8-13-31-53(47)63-54/h1-36H. The first-order chi connectivity index (χ1) is 31.2. The molecular weight excluding hydrogens is 769 g/mol. The third-order valence-corrected chi connectivity index (χ3v) is 12.9. The van der Waals surface area contributed by atoms with Crippen LogP contribution in [0, 0.1) is 0 Å². The lowest BCUT2D eigenvalue weighted by atomic mass is 9.71. The Kier molecular flexibility index (Phi) is 7.75. The zero-order valence-corrected chi connectivity index (χ0v) is 34.0. The van der Waals surface area contributed by atoms with Crippen LogP contribution >= 0.6 is 0 Å². The maximum atomic E-state index is 6.40. The molecule has 12 aromatic rings. The number of benzene rings is 9. The van der Waals surface area contributed by atoms with Crippen molar-refractivity contribution < 1.29 is 4.42 Å². The van der Waals surface area contributed by atoms with Gasteiger partial charge in [-0.25, -0.2) is 15.0 Å². The highest BCUT2D eigenvalue weighted by molar-refractivity contribution is 6.09. The fraction of sp³-hybridized carbons (Fsp3) is 0.0172. The molecule has 3 heterocycles. The van der Waals surface area contributed by atoms with Crippen molar-refractivity contribution in [3.8, 4) is 50.7 Å². The Hall–Kier alpha value is -8.41. The highest BCUT2D eigenvalue weighted by atomic mass is 16.3. The van der Waals surface area contributed by atoms with E-state index in [1.54, 1.807) is 0 Å². The van der Waals surface area contributed by atoms with Gasteiger partial charge in [-0.2, -0.15) is 0 Å². The number of fused-ring (bicyclic) bond motifs is 9. The Morgan fingerprint density at radius 3 is 1.62 bits per heavy atom.